The first-order chi connectivity index (χ1) is 10.8. The minimum absolute atomic E-state index is 0.00644. The van der Waals surface area contributed by atoms with Crippen molar-refractivity contribution in [1.29, 1.82) is 0 Å². The molecule has 2 aromatic heterocycles. The maximum absolute atomic E-state index is 12.8. The molecule has 2 heterocycles. The summed E-state index contributed by atoms with van der Waals surface area (Å²) in [6.45, 7) is 9.86. The average Bonchev–Trinajstić information content (AvgIpc) is 2.77. The standard InChI is InChI=1S/C16H21N3O2S2/c1-7-8-19-15(21)12-9(2)10(3)22-13(12)17-16(19)23-11(4)14(20)18(5)6/h7,11H,1,8H2,2-6H3/t11-/m1/s1. The van der Waals surface area contributed by atoms with E-state index in [0.717, 1.165) is 15.3 Å². The summed E-state index contributed by atoms with van der Waals surface area (Å²) >= 11 is 2.83. The summed E-state index contributed by atoms with van der Waals surface area (Å²) in [5, 5.41) is 0.921. The number of carbonyl (C=O) groups excluding carboxylic acids is 1. The Morgan fingerprint density at radius 3 is 2.70 bits per heavy atom. The maximum atomic E-state index is 12.8. The molecule has 1 amide bonds. The maximum Gasteiger partial charge on any atom is 0.263 e. The first kappa shape index (κ1) is 17.7. The van der Waals surface area contributed by atoms with Crippen LogP contribution in [0.4, 0.5) is 0 Å². The Morgan fingerprint density at radius 2 is 2.13 bits per heavy atom. The van der Waals surface area contributed by atoms with E-state index >= 15 is 0 Å². The minimum Gasteiger partial charge on any atom is -0.348 e. The Morgan fingerprint density at radius 1 is 1.48 bits per heavy atom. The van der Waals surface area contributed by atoms with Gasteiger partial charge in [-0.3, -0.25) is 14.2 Å². The zero-order valence-corrected chi connectivity index (χ0v) is 15.7. The summed E-state index contributed by atoms with van der Waals surface area (Å²) < 4.78 is 1.60. The van der Waals surface area contributed by atoms with Crippen LogP contribution in [0, 0.1) is 13.8 Å². The van der Waals surface area contributed by atoms with Crippen LogP contribution < -0.4 is 5.56 Å². The lowest BCUT2D eigenvalue weighted by molar-refractivity contribution is -0.127. The van der Waals surface area contributed by atoms with Crippen molar-refractivity contribution in [3.05, 3.63) is 33.4 Å². The number of thiophene rings is 1. The van der Waals surface area contributed by atoms with Crippen molar-refractivity contribution in [2.24, 2.45) is 0 Å². The van der Waals surface area contributed by atoms with E-state index < -0.39 is 0 Å². The topological polar surface area (TPSA) is 55.2 Å². The second-order valence-corrected chi connectivity index (χ2v) is 8.07. The fraction of sp³-hybridized carbons (Fsp3) is 0.438. The van der Waals surface area contributed by atoms with Gasteiger partial charge in [-0.1, -0.05) is 17.8 Å². The van der Waals surface area contributed by atoms with Gasteiger partial charge in [0.05, 0.1) is 10.6 Å². The number of amides is 1. The molecule has 0 N–H and O–H groups in total. The molecule has 0 radical (unpaired) electrons. The molecule has 0 bridgehead atoms. The number of hydrogen-bond acceptors (Lipinski definition) is 5. The van der Waals surface area contributed by atoms with Gasteiger partial charge in [0.2, 0.25) is 5.91 Å². The Bertz CT molecular complexity index is 821. The van der Waals surface area contributed by atoms with Crippen LogP contribution in [0.15, 0.2) is 22.6 Å². The lowest BCUT2D eigenvalue weighted by atomic mass is 10.2. The molecule has 0 aliphatic carbocycles. The molecule has 0 unspecified atom stereocenters. The van der Waals surface area contributed by atoms with Gasteiger partial charge in [0.15, 0.2) is 5.16 Å². The number of allylic oxidation sites excluding steroid dienone is 1. The van der Waals surface area contributed by atoms with Crippen molar-refractivity contribution >= 4 is 39.2 Å². The molecule has 0 aliphatic heterocycles. The molecular weight excluding hydrogens is 330 g/mol. The van der Waals surface area contributed by atoms with E-state index in [1.807, 2.05) is 20.8 Å². The predicted molar refractivity (Wildman–Crippen MR) is 97.6 cm³/mol. The fourth-order valence-corrected chi connectivity index (χ4v) is 4.39. The van der Waals surface area contributed by atoms with Crippen molar-refractivity contribution in [2.45, 2.75) is 37.7 Å². The summed E-state index contributed by atoms with van der Waals surface area (Å²) in [4.78, 5) is 32.9. The van der Waals surface area contributed by atoms with Crippen LogP contribution in [-0.2, 0) is 11.3 Å². The SMILES string of the molecule is C=CCn1c(S[C@H](C)C(=O)N(C)C)nc2sc(C)c(C)c2c1=O. The number of nitrogens with zero attached hydrogens (tertiary/aromatic N) is 3. The molecule has 5 nitrogen and oxygen atoms in total. The van der Waals surface area contributed by atoms with Gasteiger partial charge in [0.1, 0.15) is 4.83 Å². The highest BCUT2D eigenvalue weighted by atomic mass is 32.2. The van der Waals surface area contributed by atoms with Gasteiger partial charge in [0, 0.05) is 25.5 Å². The molecule has 124 valence electrons. The largest absolute Gasteiger partial charge is 0.348 e. The number of aromatic nitrogens is 2. The Labute approximate surface area is 144 Å². The summed E-state index contributed by atoms with van der Waals surface area (Å²) in [7, 11) is 3.44. The third-order valence-electron chi connectivity index (χ3n) is 3.64. The van der Waals surface area contributed by atoms with Crippen LogP contribution in [0.1, 0.15) is 17.4 Å². The highest BCUT2D eigenvalue weighted by Gasteiger charge is 2.21. The van der Waals surface area contributed by atoms with Crippen LogP contribution in [-0.4, -0.2) is 39.7 Å². The van der Waals surface area contributed by atoms with E-state index in [1.54, 1.807) is 29.6 Å². The number of hydrogen-bond donors (Lipinski definition) is 0. The third kappa shape index (κ3) is 3.35. The predicted octanol–water partition coefficient (Wildman–Crippen LogP) is 2.83. The zero-order chi connectivity index (χ0) is 17.3. The van der Waals surface area contributed by atoms with Crippen molar-refractivity contribution in [3.8, 4) is 0 Å². The number of fused-ring (bicyclic) bond motifs is 1. The Balaban J connectivity index is 2.58. The van der Waals surface area contributed by atoms with Gasteiger partial charge >= 0.3 is 0 Å². The summed E-state index contributed by atoms with van der Waals surface area (Å²) in [6.07, 6.45) is 1.67. The van der Waals surface area contributed by atoms with E-state index in [2.05, 4.69) is 11.6 Å². The summed E-state index contributed by atoms with van der Waals surface area (Å²) in [5.74, 6) is -0.00644. The molecule has 0 aliphatic rings. The minimum atomic E-state index is -0.312. The lowest BCUT2D eigenvalue weighted by Gasteiger charge is -2.17. The van der Waals surface area contributed by atoms with E-state index in [0.29, 0.717) is 17.1 Å². The van der Waals surface area contributed by atoms with Gasteiger partial charge in [-0.05, 0) is 26.3 Å². The van der Waals surface area contributed by atoms with Gasteiger partial charge in [-0.2, -0.15) is 0 Å². The van der Waals surface area contributed by atoms with Crippen LogP contribution in [0.5, 0.6) is 0 Å². The summed E-state index contributed by atoms with van der Waals surface area (Å²) in [6, 6.07) is 0. The number of aryl methyl sites for hydroxylation is 2. The molecule has 23 heavy (non-hydrogen) atoms. The van der Waals surface area contributed by atoms with Gasteiger partial charge in [-0.25, -0.2) is 4.98 Å². The molecule has 0 aromatic carbocycles. The van der Waals surface area contributed by atoms with E-state index in [4.69, 9.17) is 0 Å². The first-order valence-electron chi connectivity index (χ1n) is 7.27. The second-order valence-electron chi connectivity index (χ2n) is 5.55. The zero-order valence-electron chi connectivity index (χ0n) is 14.0. The first-order valence-corrected chi connectivity index (χ1v) is 8.96. The molecule has 0 saturated heterocycles. The number of rotatable bonds is 5. The fourth-order valence-electron chi connectivity index (χ4n) is 2.26. The van der Waals surface area contributed by atoms with Crippen LogP contribution in [0.2, 0.25) is 0 Å². The number of thioether (sulfide) groups is 1. The molecule has 2 rings (SSSR count). The molecule has 0 fully saturated rings. The number of carbonyl (C=O) groups is 1. The molecule has 0 saturated carbocycles. The van der Waals surface area contributed by atoms with Gasteiger partial charge in [-0.15, -0.1) is 17.9 Å². The van der Waals surface area contributed by atoms with E-state index in [9.17, 15) is 9.59 Å². The molecule has 2 aromatic rings. The third-order valence-corrected chi connectivity index (χ3v) is 5.82. The molecule has 7 heteroatoms. The van der Waals surface area contributed by atoms with E-state index in [-0.39, 0.29) is 16.7 Å². The molecule has 0 spiro atoms. The Kier molecular flexibility index (Phi) is 5.31. The van der Waals surface area contributed by atoms with Gasteiger partial charge < -0.3 is 4.90 Å². The highest BCUT2D eigenvalue weighted by Crippen LogP contribution is 2.29. The van der Waals surface area contributed by atoms with Crippen molar-refractivity contribution in [1.82, 2.24) is 14.5 Å². The summed E-state index contributed by atoms with van der Waals surface area (Å²) in [5.41, 5.74) is 0.915. The normalized spacial score (nSPS) is 12.4. The van der Waals surface area contributed by atoms with Crippen LogP contribution in [0.25, 0.3) is 10.2 Å². The van der Waals surface area contributed by atoms with Gasteiger partial charge in [0.25, 0.3) is 5.56 Å². The second kappa shape index (κ2) is 6.88. The quantitative estimate of drug-likeness (QED) is 0.472. The van der Waals surface area contributed by atoms with Crippen molar-refractivity contribution in [2.75, 3.05) is 14.1 Å². The highest BCUT2D eigenvalue weighted by molar-refractivity contribution is 8.00. The molecular formula is C16H21N3O2S2. The van der Waals surface area contributed by atoms with Crippen molar-refractivity contribution in [3.63, 3.8) is 0 Å². The lowest BCUT2D eigenvalue weighted by Crippen LogP contribution is -2.31. The molecule has 1 atom stereocenters. The van der Waals surface area contributed by atoms with Crippen LogP contribution in [0.3, 0.4) is 0 Å². The average molecular weight is 351 g/mol. The smallest absolute Gasteiger partial charge is 0.263 e. The van der Waals surface area contributed by atoms with E-state index in [1.165, 1.54) is 23.1 Å². The monoisotopic (exact) mass is 351 g/mol. The van der Waals surface area contributed by atoms with Crippen molar-refractivity contribution < 1.29 is 4.79 Å². The van der Waals surface area contributed by atoms with Crippen LogP contribution >= 0.6 is 23.1 Å². The Hall–Kier alpha value is -1.60.